The molecule has 0 saturated heterocycles. The highest BCUT2D eigenvalue weighted by Crippen LogP contribution is 2.31. The molecule has 0 bridgehead atoms. The first-order valence-corrected chi connectivity index (χ1v) is 8.98. The number of carbonyl (C=O) groups excluding carboxylic acids is 1. The fraction of sp³-hybridized carbons (Fsp3) is 0.944. The Morgan fingerprint density at radius 2 is 1.50 bits per heavy atom. The van der Waals surface area contributed by atoms with E-state index in [9.17, 15) is 4.79 Å². The number of rotatable bonds is 3. The van der Waals surface area contributed by atoms with E-state index >= 15 is 0 Å². The zero-order chi connectivity index (χ0) is 16.3. The molecule has 2 fully saturated rings. The van der Waals surface area contributed by atoms with E-state index in [2.05, 4.69) is 24.5 Å². The van der Waals surface area contributed by atoms with Crippen molar-refractivity contribution in [2.75, 3.05) is 0 Å². The van der Waals surface area contributed by atoms with Gasteiger partial charge in [-0.2, -0.15) is 0 Å². The van der Waals surface area contributed by atoms with Crippen molar-refractivity contribution in [1.82, 2.24) is 10.6 Å². The third-order valence-corrected chi connectivity index (χ3v) is 5.22. The fourth-order valence-electron chi connectivity index (χ4n) is 3.77. The molecule has 0 aromatic heterocycles. The molecule has 4 nitrogen and oxygen atoms in total. The Bertz CT molecular complexity index is 378. The SMILES string of the molecule is CC1CCC(NC2CCC(NC(=O)OC(C)(C)C)C2)CC1C. The molecule has 2 aliphatic rings. The van der Waals surface area contributed by atoms with Crippen LogP contribution in [0.15, 0.2) is 0 Å². The van der Waals surface area contributed by atoms with Crippen molar-refractivity contribution in [2.45, 2.75) is 96.9 Å². The van der Waals surface area contributed by atoms with Gasteiger partial charge in [0.1, 0.15) is 5.60 Å². The van der Waals surface area contributed by atoms with Crippen molar-refractivity contribution < 1.29 is 9.53 Å². The van der Waals surface area contributed by atoms with Crippen LogP contribution in [0.5, 0.6) is 0 Å². The molecule has 128 valence electrons. The summed E-state index contributed by atoms with van der Waals surface area (Å²) >= 11 is 0. The second-order valence-electron chi connectivity index (χ2n) is 8.48. The summed E-state index contributed by atoms with van der Waals surface area (Å²) in [5.41, 5.74) is -0.421. The van der Waals surface area contributed by atoms with E-state index in [0.717, 1.165) is 31.1 Å². The summed E-state index contributed by atoms with van der Waals surface area (Å²) in [5.74, 6) is 1.69. The minimum atomic E-state index is -0.421. The standard InChI is InChI=1S/C18H34N2O2/c1-12-6-7-14(10-13(12)2)19-15-8-9-16(11-15)20-17(21)22-18(3,4)5/h12-16,19H,6-11H2,1-5H3,(H,20,21). The predicted molar refractivity (Wildman–Crippen MR) is 89.9 cm³/mol. The average Bonchev–Trinajstić information content (AvgIpc) is 2.78. The van der Waals surface area contributed by atoms with Gasteiger partial charge >= 0.3 is 6.09 Å². The van der Waals surface area contributed by atoms with Gasteiger partial charge in [-0.25, -0.2) is 4.79 Å². The largest absolute Gasteiger partial charge is 0.444 e. The van der Waals surface area contributed by atoms with Crippen LogP contribution in [0.2, 0.25) is 0 Å². The van der Waals surface area contributed by atoms with Gasteiger partial charge in [0.25, 0.3) is 0 Å². The quantitative estimate of drug-likeness (QED) is 0.832. The molecule has 2 saturated carbocycles. The minimum absolute atomic E-state index is 0.257. The summed E-state index contributed by atoms with van der Waals surface area (Å²) in [6.45, 7) is 10.4. The molecule has 0 heterocycles. The summed E-state index contributed by atoms with van der Waals surface area (Å²) in [5, 5.41) is 6.85. The molecule has 4 heteroatoms. The van der Waals surface area contributed by atoms with Crippen LogP contribution >= 0.6 is 0 Å². The number of alkyl carbamates (subject to hydrolysis) is 1. The Morgan fingerprint density at radius 1 is 0.909 bits per heavy atom. The highest BCUT2D eigenvalue weighted by atomic mass is 16.6. The topological polar surface area (TPSA) is 50.4 Å². The van der Waals surface area contributed by atoms with Gasteiger partial charge in [-0.15, -0.1) is 0 Å². The minimum Gasteiger partial charge on any atom is -0.444 e. The summed E-state index contributed by atoms with van der Waals surface area (Å²) in [7, 11) is 0. The van der Waals surface area contributed by atoms with E-state index in [1.807, 2.05) is 20.8 Å². The second-order valence-corrected chi connectivity index (χ2v) is 8.48. The molecule has 0 spiro atoms. The van der Waals surface area contributed by atoms with Crippen molar-refractivity contribution >= 4 is 6.09 Å². The molecule has 22 heavy (non-hydrogen) atoms. The highest BCUT2D eigenvalue weighted by Gasteiger charge is 2.31. The first kappa shape index (κ1) is 17.6. The van der Waals surface area contributed by atoms with Gasteiger partial charge in [-0.1, -0.05) is 13.8 Å². The molecule has 0 aromatic carbocycles. The maximum absolute atomic E-state index is 11.8. The number of hydrogen-bond acceptors (Lipinski definition) is 3. The van der Waals surface area contributed by atoms with Crippen LogP contribution in [0.25, 0.3) is 0 Å². The molecule has 0 aliphatic heterocycles. The maximum atomic E-state index is 11.8. The fourth-order valence-corrected chi connectivity index (χ4v) is 3.77. The Hall–Kier alpha value is -0.770. The third kappa shape index (κ3) is 5.45. The summed E-state index contributed by atoms with van der Waals surface area (Å²) < 4.78 is 5.34. The number of carbonyl (C=O) groups is 1. The van der Waals surface area contributed by atoms with Crippen LogP contribution in [0.3, 0.4) is 0 Å². The van der Waals surface area contributed by atoms with Gasteiger partial charge in [0.05, 0.1) is 0 Å². The van der Waals surface area contributed by atoms with Crippen LogP contribution in [0, 0.1) is 11.8 Å². The van der Waals surface area contributed by atoms with Gasteiger partial charge in [0.2, 0.25) is 0 Å². The lowest BCUT2D eigenvalue weighted by Crippen LogP contribution is -2.43. The number of ether oxygens (including phenoxy) is 1. The number of nitrogens with one attached hydrogen (secondary N) is 2. The maximum Gasteiger partial charge on any atom is 0.407 e. The van der Waals surface area contributed by atoms with Crippen molar-refractivity contribution in [1.29, 1.82) is 0 Å². The van der Waals surface area contributed by atoms with Crippen LogP contribution in [0.1, 0.15) is 73.1 Å². The lowest BCUT2D eigenvalue weighted by Gasteiger charge is -2.34. The molecule has 1 amide bonds. The molecule has 0 aromatic rings. The number of amides is 1. The van der Waals surface area contributed by atoms with Crippen LogP contribution in [0.4, 0.5) is 4.79 Å². The van der Waals surface area contributed by atoms with Gasteiger partial charge in [0.15, 0.2) is 0 Å². The summed E-state index contributed by atoms with van der Waals surface area (Å²) in [6.07, 6.45) is 6.88. The van der Waals surface area contributed by atoms with Gasteiger partial charge in [0, 0.05) is 18.1 Å². The van der Waals surface area contributed by atoms with Gasteiger partial charge < -0.3 is 15.4 Å². The molecule has 2 N–H and O–H groups in total. The van der Waals surface area contributed by atoms with E-state index in [4.69, 9.17) is 4.74 Å². The van der Waals surface area contributed by atoms with Crippen molar-refractivity contribution in [3.8, 4) is 0 Å². The third-order valence-electron chi connectivity index (χ3n) is 5.22. The zero-order valence-electron chi connectivity index (χ0n) is 14.9. The van der Waals surface area contributed by atoms with E-state index in [0.29, 0.717) is 12.1 Å². The Labute approximate surface area is 135 Å². The summed E-state index contributed by atoms with van der Waals surface area (Å²) in [4.78, 5) is 11.8. The Balaban J connectivity index is 1.70. The second kappa shape index (κ2) is 7.20. The van der Waals surface area contributed by atoms with Crippen molar-refractivity contribution in [3.05, 3.63) is 0 Å². The number of hydrogen-bond donors (Lipinski definition) is 2. The lowest BCUT2D eigenvalue weighted by molar-refractivity contribution is 0.0505. The zero-order valence-corrected chi connectivity index (χ0v) is 14.9. The van der Waals surface area contributed by atoms with Crippen LogP contribution in [-0.4, -0.2) is 29.8 Å². The first-order valence-electron chi connectivity index (χ1n) is 8.98. The van der Waals surface area contributed by atoms with E-state index in [-0.39, 0.29) is 12.1 Å². The van der Waals surface area contributed by atoms with E-state index in [1.165, 1.54) is 19.3 Å². The predicted octanol–water partition coefficient (Wildman–Crippen LogP) is 3.85. The summed E-state index contributed by atoms with van der Waals surface area (Å²) in [6, 6.07) is 1.47. The molecule has 0 radical (unpaired) electrons. The molecule has 2 rings (SSSR count). The lowest BCUT2D eigenvalue weighted by atomic mass is 9.79. The molecular formula is C18H34N2O2. The van der Waals surface area contributed by atoms with Gasteiger partial charge in [-0.05, 0) is 71.1 Å². The molecule has 5 unspecified atom stereocenters. The smallest absolute Gasteiger partial charge is 0.407 e. The van der Waals surface area contributed by atoms with Gasteiger partial charge in [-0.3, -0.25) is 0 Å². The highest BCUT2D eigenvalue weighted by molar-refractivity contribution is 5.68. The average molecular weight is 310 g/mol. The van der Waals surface area contributed by atoms with Crippen LogP contribution in [-0.2, 0) is 4.74 Å². The molecule has 2 aliphatic carbocycles. The molecular weight excluding hydrogens is 276 g/mol. The molecule has 5 atom stereocenters. The van der Waals surface area contributed by atoms with Crippen molar-refractivity contribution in [2.24, 2.45) is 11.8 Å². The normalized spacial score (nSPS) is 36.1. The first-order chi connectivity index (χ1) is 10.2. The van der Waals surface area contributed by atoms with E-state index < -0.39 is 5.60 Å². The van der Waals surface area contributed by atoms with Crippen LogP contribution < -0.4 is 10.6 Å². The van der Waals surface area contributed by atoms with E-state index in [1.54, 1.807) is 0 Å². The Kier molecular flexibility index (Phi) is 5.76. The monoisotopic (exact) mass is 310 g/mol. The van der Waals surface area contributed by atoms with Crippen molar-refractivity contribution in [3.63, 3.8) is 0 Å². The Morgan fingerprint density at radius 3 is 2.14 bits per heavy atom.